The van der Waals surface area contributed by atoms with Crippen LogP contribution in [-0.2, 0) is 6.42 Å². The van der Waals surface area contributed by atoms with Gasteiger partial charge in [0.2, 0.25) is 0 Å². The van der Waals surface area contributed by atoms with E-state index in [1.54, 1.807) is 6.07 Å². The van der Waals surface area contributed by atoms with E-state index < -0.39 is 6.10 Å². The van der Waals surface area contributed by atoms with Crippen LogP contribution < -0.4 is 5.73 Å². The van der Waals surface area contributed by atoms with E-state index in [1.807, 2.05) is 0 Å². The number of benzene rings is 1. The van der Waals surface area contributed by atoms with Crippen molar-refractivity contribution in [2.24, 2.45) is 5.73 Å². The molecule has 0 aliphatic heterocycles. The molecule has 3 heteroatoms. The van der Waals surface area contributed by atoms with Crippen LogP contribution in [0.5, 0.6) is 0 Å². The van der Waals surface area contributed by atoms with Gasteiger partial charge in [0.1, 0.15) is 5.82 Å². The highest BCUT2D eigenvalue weighted by atomic mass is 19.1. The van der Waals surface area contributed by atoms with E-state index in [0.29, 0.717) is 12.0 Å². The molecule has 12 heavy (non-hydrogen) atoms. The van der Waals surface area contributed by atoms with Gasteiger partial charge in [-0.15, -0.1) is 0 Å². The summed E-state index contributed by atoms with van der Waals surface area (Å²) in [6, 6.07) is 4.15. The third-order valence-corrected chi connectivity index (χ3v) is 2.29. The predicted molar refractivity (Wildman–Crippen MR) is 43.0 cm³/mol. The molecule has 3 N–H and O–H groups in total. The standard InChI is InChI=1S/C9H10FNO/c10-6-2-1-5-3-8(11)9(12)7(5)4-6/h1-2,4,8-9,12H,3,11H2/t8-,9+/m0/s1. The number of nitrogens with two attached hydrogens (primary N) is 1. The van der Waals surface area contributed by atoms with Gasteiger partial charge in [0.15, 0.2) is 0 Å². The molecule has 2 atom stereocenters. The molecule has 0 radical (unpaired) electrons. The van der Waals surface area contributed by atoms with E-state index in [-0.39, 0.29) is 11.9 Å². The lowest BCUT2D eigenvalue weighted by Gasteiger charge is -2.07. The molecule has 1 aromatic carbocycles. The molecule has 0 heterocycles. The Labute approximate surface area is 69.8 Å². The predicted octanol–water partition coefficient (Wildman–Crippen LogP) is 0.743. The van der Waals surface area contributed by atoms with Crippen LogP contribution >= 0.6 is 0 Å². The minimum absolute atomic E-state index is 0.276. The fraction of sp³-hybridized carbons (Fsp3) is 0.333. The number of halogens is 1. The Bertz CT molecular complexity index is 313. The second-order valence-electron chi connectivity index (χ2n) is 3.16. The van der Waals surface area contributed by atoms with Crippen LogP contribution in [0.25, 0.3) is 0 Å². The number of fused-ring (bicyclic) bond motifs is 1. The second-order valence-corrected chi connectivity index (χ2v) is 3.16. The first-order chi connectivity index (χ1) is 5.68. The van der Waals surface area contributed by atoms with Crippen LogP contribution in [-0.4, -0.2) is 11.1 Å². The lowest BCUT2D eigenvalue weighted by atomic mass is 10.1. The smallest absolute Gasteiger partial charge is 0.123 e. The molecule has 1 aromatic rings. The van der Waals surface area contributed by atoms with Gasteiger partial charge in [0.25, 0.3) is 0 Å². The van der Waals surface area contributed by atoms with Crippen LogP contribution in [0.3, 0.4) is 0 Å². The topological polar surface area (TPSA) is 46.2 Å². The quantitative estimate of drug-likeness (QED) is 0.598. The van der Waals surface area contributed by atoms with Crippen molar-refractivity contribution in [3.8, 4) is 0 Å². The largest absolute Gasteiger partial charge is 0.387 e. The van der Waals surface area contributed by atoms with Gasteiger partial charge >= 0.3 is 0 Å². The molecule has 64 valence electrons. The number of hydrogen-bond acceptors (Lipinski definition) is 2. The minimum Gasteiger partial charge on any atom is -0.387 e. The van der Waals surface area contributed by atoms with E-state index in [9.17, 15) is 9.50 Å². The molecule has 0 bridgehead atoms. The normalized spacial score (nSPS) is 27.2. The molecule has 2 nitrogen and oxygen atoms in total. The molecule has 0 aromatic heterocycles. The van der Waals surface area contributed by atoms with Gasteiger partial charge in [-0.1, -0.05) is 6.07 Å². The minimum atomic E-state index is -0.698. The van der Waals surface area contributed by atoms with Gasteiger partial charge in [0.05, 0.1) is 6.10 Å². The molecule has 0 saturated heterocycles. The summed E-state index contributed by atoms with van der Waals surface area (Å²) >= 11 is 0. The number of aliphatic hydroxyl groups excluding tert-OH is 1. The summed E-state index contributed by atoms with van der Waals surface area (Å²) in [5, 5.41) is 9.48. The zero-order valence-electron chi connectivity index (χ0n) is 6.50. The van der Waals surface area contributed by atoms with Crippen molar-refractivity contribution in [3.63, 3.8) is 0 Å². The van der Waals surface area contributed by atoms with E-state index in [4.69, 9.17) is 5.73 Å². The van der Waals surface area contributed by atoms with E-state index in [2.05, 4.69) is 0 Å². The lowest BCUT2D eigenvalue weighted by Crippen LogP contribution is -2.24. The zero-order chi connectivity index (χ0) is 8.72. The Morgan fingerprint density at radius 3 is 3.00 bits per heavy atom. The molecule has 1 aliphatic carbocycles. The fourth-order valence-electron chi connectivity index (χ4n) is 1.62. The summed E-state index contributed by atoms with van der Waals surface area (Å²) in [7, 11) is 0. The number of hydrogen-bond donors (Lipinski definition) is 2. The van der Waals surface area contributed by atoms with Gasteiger partial charge in [-0.25, -0.2) is 4.39 Å². The maximum absolute atomic E-state index is 12.7. The third-order valence-electron chi connectivity index (χ3n) is 2.29. The number of aliphatic hydroxyl groups is 1. The summed E-state index contributed by atoms with van der Waals surface area (Å²) in [6.45, 7) is 0. The molecule has 0 spiro atoms. The van der Waals surface area contributed by atoms with E-state index in [1.165, 1.54) is 12.1 Å². The third kappa shape index (κ3) is 1.02. The first-order valence-corrected chi connectivity index (χ1v) is 3.90. The molecule has 0 unspecified atom stereocenters. The van der Waals surface area contributed by atoms with Crippen LogP contribution in [0, 0.1) is 5.82 Å². The van der Waals surface area contributed by atoms with Crippen molar-refractivity contribution in [3.05, 3.63) is 35.1 Å². The Morgan fingerprint density at radius 2 is 2.25 bits per heavy atom. The summed E-state index contributed by atoms with van der Waals surface area (Å²) in [4.78, 5) is 0. The Morgan fingerprint density at radius 1 is 1.50 bits per heavy atom. The molecule has 0 fully saturated rings. The SMILES string of the molecule is N[C@H]1Cc2ccc(F)cc2[C@H]1O. The van der Waals surface area contributed by atoms with Crippen molar-refractivity contribution < 1.29 is 9.50 Å². The first kappa shape index (κ1) is 7.71. The van der Waals surface area contributed by atoms with Crippen molar-refractivity contribution in [1.82, 2.24) is 0 Å². The number of rotatable bonds is 0. The van der Waals surface area contributed by atoms with Gasteiger partial charge in [-0.3, -0.25) is 0 Å². The van der Waals surface area contributed by atoms with Crippen molar-refractivity contribution in [2.75, 3.05) is 0 Å². The summed E-state index contributed by atoms with van der Waals surface area (Å²) in [5.41, 5.74) is 7.20. The van der Waals surface area contributed by atoms with Crippen LogP contribution in [0.4, 0.5) is 4.39 Å². The lowest BCUT2D eigenvalue weighted by molar-refractivity contribution is 0.159. The van der Waals surface area contributed by atoms with Gasteiger partial charge < -0.3 is 10.8 Å². The second kappa shape index (κ2) is 2.54. The van der Waals surface area contributed by atoms with Gasteiger partial charge in [-0.2, -0.15) is 0 Å². The molecule has 2 rings (SSSR count). The van der Waals surface area contributed by atoms with Crippen LogP contribution in [0.2, 0.25) is 0 Å². The monoisotopic (exact) mass is 167 g/mol. The Kier molecular flexibility index (Phi) is 1.63. The molecule has 0 amide bonds. The van der Waals surface area contributed by atoms with E-state index in [0.717, 1.165) is 5.56 Å². The fourth-order valence-corrected chi connectivity index (χ4v) is 1.62. The average molecular weight is 167 g/mol. The molecular weight excluding hydrogens is 157 g/mol. The van der Waals surface area contributed by atoms with Crippen molar-refractivity contribution in [1.29, 1.82) is 0 Å². The summed E-state index contributed by atoms with van der Waals surface area (Å²) in [5.74, 6) is -0.318. The average Bonchev–Trinajstić information content (AvgIpc) is 2.31. The van der Waals surface area contributed by atoms with Gasteiger partial charge in [0, 0.05) is 6.04 Å². The van der Waals surface area contributed by atoms with Crippen LogP contribution in [0.1, 0.15) is 17.2 Å². The molecule has 1 aliphatic rings. The zero-order valence-corrected chi connectivity index (χ0v) is 6.50. The first-order valence-electron chi connectivity index (χ1n) is 3.90. The van der Waals surface area contributed by atoms with Crippen LogP contribution in [0.15, 0.2) is 18.2 Å². The van der Waals surface area contributed by atoms with Crippen molar-refractivity contribution in [2.45, 2.75) is 18.6 Å². The highest BCUT2D eigenvalue weighted by molar-refractivity contribution is 5.36. The maximum atomic E-state index is 12.7. The molecule has 0 saturated carbocycles. The highest BCUT2D eigenvalue weighted by Gasteiger charge is 2.27. The molecular formula is C9H10FNO. The van der Waals surface area contributed by atoms with E-state index >= 15 is 0 Å². The maximum Gasteiger partial charge on any atom is 0.123 e. The summed E-state index contributed by atoms with van der Waals surface area (Å²) in [6.07, 6.45) is -0.0627. The summed E-state index contributed by atoms with van der Waals surface area (Å²) < 4.78 is 12.7. The van der Waals surface area contributed by atoms with Gasteiger partial charge in [-0.05, 0) is 29.7 Å². The highest BCUT2D eigenvalue weighted by Crippen LogP contribution is 2.30. The van der Waals surface area contributed by atoms with Crippen molar-refractivity contribution >= 4 is 0 Å². The Balaban J connectivity index is 2.48. The Hall–Kier alpha value is -0.930.